The van der Waals surface area contributed by atoms with Gasteiger partial charge in [-0.3, -0.25) is 20.4 Å². The molecule has 2 aromatic rings. The van der Waals surface area contributed by atoms with Gasteiger partial charge in [-0.25, -0.2) is 0 Å². The van der Waals surface area contributed by atoms with Gasteiger partial charge in [0.15, 0.2) is 11.5 Å². The molecule has 0 atom stereocenters. The Hall–Kier alpha value is -3.36. The Morgan fingerprint density at radius 1 is 1.14 bits per heavy atom. The standard InChI is InChI=1S/C20H21F2N3O4/c1-28-17-11-14(8-9-16(17)29-20(21)22)19(27)24-23-18(26)12-25-10-4-6-13-5-2-3-7-15(13)25/h2-3,5,7-9,11,20H,4,6,10,12H2,1H3,(H,23,26)(H,24,27). The Morgan fingerprint density at radius 2 is 1.93 bits per heavy atom. The van der Waals surface area contributed by atoms with Crippen LogP contribution in [0, 0.1) is 0 Å². The van der Waals surface area contributed by atoms with E-state index in [1.165, 1.54) is 30.9 Å². The van der Waals surface area contributed by atoms with Crippen molar-refractivity contribution >= 4 is 17.5 Å². The molecule has 2 aromatic carbocycles. The number of benzene rings is 2. The Kier molecular flexibility index (Phi) is 6.48. The normalized spacial score (nSPS) is 12.9. The summed E-state index contributed by atoms with van der Waals surface area (Å²) in [5.74, 6) is -1.19. The first kappa shape index (κ1) is 20.4. The van der Waals surface area contributed by atoms with Crippen molar-refractivity contribution in [3.63, 3.8) is 0 Å². The molecule has 0 radical (unpaired) electrons. The number of nitrogens with one attached hydrogen (secondary N) is 2. The van der Waals surface area contributed by atoms with E-state index in [4.69, 9.17) is 4.74 Å². The number of fused-ring (bicyclic) bond motifs is 1. The van der Waals surface area contributed by atoms with Gasteiger partial charge in [-0.2, -0.15) is 8.78 Å². The minimum absolute atomic E-state index is 0.0193. The number of methoxy groups -OCH3 is 1. The second kappa shape index (κ2) is 9.22. The number of hydrogen-bond acceptors (Lipinski definition) is 5. The van der Waals surface area contributed by atoms with E-state index in [2.05, 4.69) is 15.6 Å². The Morgan fingerprint density at radius 3 is 2.69 bits per heavy atom. The molecule has 7 nitrogen and oxygen atoms in total. The second-order valence-corrected chi connectivity index (χ2v) is 6.40. The summed E-state index contributed by atoms with van der Waals surface area (Å²) in [5.41, 5.74) is 7.01. The molecular weight excluding hydrogens is 384 g/mol. The first-order chi connectivity index (χ1) is 14.0. The van der Waals surface area contributed by atoms with Crippen molar-refractivity contribution in [1.29, 1.82) is 0 Å². The van der Waals surface area contributed by atoms with Crippen molar-refractivity contribution in [2.24, 2.45) is 0 Å². The number of halogens is 2. The van der Waals surface area contributed by atoms with Crippen LogP contribution in [-0.4, -0.2) is 38.6 Å². The van der Waals surface area contributed by atoms with Crippen LogP contribution in [-0.2, 0) is 11.2 Å². The van der Waals surface area contributed by atoms with Crippen molar-refractivity contribution in [1.82, 2.24) is 10.9 Å². The molecule has 154 valence electrons. The molecule has 0 bridgehead atoms. The average molecular weight is 405 g/mol. The number of ether oxygens (including phenoxy) is 2. The molecule has 0 spiro atoms. The lowest BCUT2D eigenvalue weighted by atomic mass is 10.0. The predicted octanol–water partition coefficient (Wildman–Crippen LogP) is 2.51. The van der Waals surface area contributed by atoms with E-state index in [1.54, 1.807) is 0 Å². The maximum Gasteiger partial charge on any atom is 0.387 e. The fraction of sp³-hybridized carbons (Fsp3) is 0.300. The van der Waals surface area contributed by atoms with Gasteiger partial charge in [0.05, 0.1) is 13.7 Å². The molecule has 2 amide bonds. The SMILES string of the molecule is COc1cc(C(=O)NNC(=O)CN2CCCc3ccccc32)ccc1OC(F)F. The van der Waals surface area contributed by atoms with E-state index in [1.807, 2.05) is 29.2 Å². The number of nitrogens with zero attached hydrogens (tertiary/aromatic N) is 1. The van der Waals surface area contributed by atoms with Gasteiger partial charge in [-0.1, -0.05) is 18.2 Å². The number of para-hydroxylation sites is 1. The van der Waals surface area contributed by atoms with Crippen molar-refractivity contribution in [2.75, 3.05) is 25.1 Å². The lowest BCUT2D eigenvalue weighted by molar-refractivity contribution is -0.120. The average Bonchev–Trinajstić information content (AvgIpc) is 2.72. The maximum absolute atomic E-state index is 12.4. The highest BCUT2D eigenvalue weighted by Crippen LogP contribution is 2.29. The van der Waals surface area contributed by atoms with E-state index >= 15 is 0 Å². The lowest BCUT2D eigenvalue weighted by Crippen LogP contribution is -2.47. The van der Waals surface area contributed by atoms with Gasteiger partial charge in [0.1, 0.15) is 0 Å². The highest BCUT2D eigenvalue weighted by atomic mass is 19.3. The number of aryl methyl sites for hydroxylation is 1. The number of hydrazine groups is 1. The van der Waals surface area contributed by atoms with Gasteiger partial charge in [0.25, 0.3) is 11.8 Å². The van der Waals surface area contributed by atoms with Crippen LogP contribution in [0.2, 0.25) is 0 Å². The van der Waals surface area contributed by atoms with E-state index in [0.717, 1.165) is 25.1 Å². The summed E-state index contributed by atoms with van der Waals surface area (Å²) in [6.07, 6.45) is 1.92. The zero-order valence-corrected chi connectivity index (χ0v) is 15.8. The largest absolute Gasteiger partial charge is 0.493 e. The topological polar surface area (TPSA) is 79.9 Å². The van der Waals surface area contributed by atoms with Crippen LogP contribution in [0.3, 0.4) is 0 Å². The van der Waals surface area contributed by atoms with Crippen molar-refractivity contribution in [3.05, 3.63) is 53.6 Å². The molecule has 1 aliphatic heterocycles. The summed E-state index contributed by atoms with van der Waals surface area (Å²) in [4.78, 5) is 26.5. The summed E-state index contributed by atoms with van der Waals surface area (Å²) < 4.78 is 34.0. The number of rotatable bonds is 6. The van der Waals surface area contributed by atoms with Gasteiger partial charge in [0.2, 0.25) is 0 Å². The molecule has 0 aliphatic carbocycles. The van der Waals surface area contributed by atoms with Crippen molar-refractivity contribution in [3.8, 4) is 11.5 Å². The summed E-state index contributed by atoms with van der Waals surface area (Å²) in [7, 11) is 1.27. The summed E-state index contributed by atoms with van der Waals surface area (Å²) in [6.45, 7) is -2.16. The Bertz CT molecular complexity index is 892. The van der Waals surface area contributed by atoms with E-state index in [0.29, 0.717) is 0 Å². The van der Waals surface area contributed by atoms with E-state index in [9.17, 15) is 18.4 Å². The zero-order valence-electron chi connectivity index (χ0n) is 15.8. The molecule has 3 rings (SSSR count). The van der Waals surface area contributed by atoms with Gasteiger partial charge in [-0.05, 0) is 42.7 Å². The molecule has 29 heavy (non-hydrogen) atoms. The Balaban J connectivity index is 1.57. The molecule has 1 aliphatic rings. The number of anilines is 1. The molecule has 9 heteroatoms. The highest BCUT2D eigenvalue weighted by molar-refractivity contribution is 5.96. The number of carbonyl (C=O) groups excluding carboxylic acids is 2. The van der Waals surface area contributed by atoms with Crippen LogP contribution in [0.15, 0.2) is 42.5 Å². The first-order valence-corrected chi connectivity index (χ1v) is 9.03. The molecular formula is C20H21F2N3O4. The fourth-order valence-corrected chi connectivity index (χ4v) is 3.19. The molecule has 0 aromatic heterocycles. The molecule has 1 heterocycles. The minimum Gasteiger partial charge on any atom is -0.493 e. The third-order valence-corrected chi connectivity index (χ3v) is 4.50. The van der Waals surface area contributed by atoms with E-state index in [-0.39, 0.29) is 29.5 Å². The van der Waals surface area contributed by atoms with Gasteiger partial charge in [0, 0.05) is 17.8 Å². The van der Waals surface area contributed by atoms with E-state index < -0.39 is 12.5 Å². The molecule has 0 unspecified atom stereocenters. The molecule has 0 saturated carbocycles. The van der Waals surface area contributed by atoms with Gasteiger partial charge >= 0.3 is 6.61 Å². The second-order valence-electron chi connectivity index (χ2n) is 6.40. The zero-order chi connectivity index (χ0) is 20.8. The number of hydrogen-bond donors (Lipinski definition) is 2. The van der Waals surface area contributed by atoms with Gasteiger partial charge in [-0.15, -0.1) is 0 Å². The van der Waals surface area contributed by atoms with Crippen LogP contribution in [0.4, 0.5) is 14.5 Å². The summed E-state index contributed by atoms with van der Waals surface area (Å²) >= 11 is 0. The maximum atomic E-state index is 12.4. The number of carbonyl (C=O) groups is 2. The minimum atomic E-state index is -3.01. The predicted molar refractivity (Wildman–Crippen MR) is 102 cm³/mol. The first-order valence-electron chi connectivity index (χ1n) is 9.03. The van der Waals surface area contributed by atoms with Crippen LogP contribution in [0.5, 0.6) is 11.5 Å². The van der Waals surface area contributed by atoms with Crippen molar-refractivity contribution in [2.45, 2.75) is 19.5 Å². The van der Waals surface area contributed by atoms with Crippen LogP contribution in [0.25, 0.3) is 0 Å². The van der Waals surface area contributed by atoms with Crippen LogP contribution >= 0.6 is 0 Å². The summed E-state index contributed by atoms with van der Waals surface area (Å²) in [6, 6.07) is 11.6. The fourth-order valence-electron chi connectivity index (χ4n) is 3.19. The quantitative estimate of drug-likeness (QED) is 0.722. The van der Waals surface area contributed by atoms with Crippen LogP contribution in [0.1, 0.15) is 22.3 Å². The molecule has 0 saturated heterocycles. The van der Waals surface area contributed by atoms with Gasteiger partial charge < -0.3 is 14.4 Å². The Labute approximate surface area is 166 Å². The third-order valence-electron chi connectivity index (χ3n) is 4.50. The molecule has 0 fully saturated rings. The monoisotopic (exact) mass is 405 g/mol. The smallest absolute Gasteiger partial charge is 0.387 e. The van der Waals surface area contributed by atoms with Crippen molar-refractivity contribution < 1.29 is 27.8 Å². The third kappa shape index (κ3) is 5.13. The lowest BCUT2D eigenvalue weighted by Gasteiger charge is -2.30. The molecule has 2 N–H and O–H groups in total. The van der Waals surface area contributed by atoms with Crippen LogP contribution < -0.4 is 25.2 Å². The number of amides is 2. The highest BCUT2D eigenvalue weighted by Gasteiger charge is 2.19. The number of alkyl halides is 2. The summed E-state index contributed by atoms with van der Waals surface area (Å²) in [5, 5.41) is 0.